The lowest BCUT2D eigenvalue weighted by atomic mass is 10.1. The summed E-state index contributed by atoms with van der Waals surface area (Å²) in [6.45, 7) is 3.59. The molecule has 0 aliphatic carbocycles. The molecule has 152 valence electrons. The maximum atomic E-state index is 12.4. The number of likely N-dealkylation sites (tertiary alicyclic amines) is 1. The minimum Gasteiger partial charge on any atom is -0.455 e. The number of nitrogens with one attached hydrogen (secondary N) is 1. The molecule has 7 heteroatoms. The first-order valence-electron chi connectivity index (χ1n) is 9.43. The third-order valence-electron chi connectivity index (χ3n) is 5.13. The van der Waals surface area contributed by atoms with Crippen LogP contribution in [0, 0.1) is 12.8 Å². The largest absolute Gasteiger partial charge is 0.455 e. The van der Waals surface area contributed by atoms with E-state index >= 15 is 0 Å². The van der Waals surface area contributed by atoms with E-state index < -0.39 is 24.4 Å². The molecule has 0 radical (unpaired) electrons. The van der Waals surface area contributed by atoms with Gasteiger partial charge in [0.25, 0.3) is 5.91 Å². The zero-order valence-electron chi connectivity index (χ0n) is 16.4. The monoisotopic (exact) mass is 414 g/mol. The molecule has 2 aromatic rings. The van der Waals surface area contributed by atoms with E-state index in [1.807, 2.05) is 37.3 Å². The highest BCUT2D eigenvalue weighted by Crippen LogP contribution is 2.29. The zero-order valence-corrected chi connectivity index (χ0v) is 17.1. The van der Waals surface area contributed by atoms with Crippen molar-refractivity contribution in [3.8, 4) is 0 Å². The highest BCUT2D eigenvalue weighted by molar-refractivity contribution is 6.31. The van der Waals surface area contributed by atoms with Gasteiger partial charge < -0.3 is 15.0 Å². The summed E-state index contributed by atoms with van der Waals surface area (Å²) in [6.07, 6.45) is 0.0883. The van der Waals surface area contributed by atoms with Crippen LogP contribution < -0.4 is 5.32 Å². The highest BCUT2D eigenvalue weighted by atomic mass is 35.5. The summed E-state index contributed by atoms with van der Waals surface area (Å²) < 4.78 is 5.15. The second-order valence-electron chi connectivity index (χ2n) is 7.10. The summed E-state index contributed by atoms with van der Waals surface area (Å²) in [5.74, 6) is -1.67. The van der Waals surface area contributed by atoms with E-state index in [9.17, 15) is 14.4 Å². The van der Waals surface area contributed by atoms with Crippen LogP contribution >= 0.6 is 11.6 Å². The first kappa shape index (κ1) is 20.9. The van der Waals surface area contributed by atoms with E-state index in [2.05, 4.69) is 5.32 Å². The quantitative estimate of drug-likeness (QED) is 0.730. The Morgan fingerprint density at radius 3 is 2.66 bits per heavy atom. The van der Waals surface area contributed by atoms with Crippen molar-refractivity contribution in [3.05, 3.63) is 64.7 Å². The molecule has 29 heavy (non-hydrogen) atoms. The molecule has 3 rings (SSSR count). The Balaban J connectivity index is 1.53. The average molecular weight is 415 g/mol. The van der Waals surface area contributed by atoms with E-state index in [1.165, 1.54) is 0 Å². The molecule has 1 aliphatic rings. The molecule has 2 aromatic carbocycles. The van der Waals surface area contributed by atoms with Crippen LogP contribution in [0.1, 0.15) is 30.5 Å². The van der Waals surface area contributed by atoms with Gasteiger partial charge >= 0.3 is 5.97 Å². The van der Waals surface area contributed by atoms with Crippen LogP contribution in [0.3, 0.4) is 0 Å². The third-order valence-corrected chi connectivity index (χ3v) is 5.54. The molecule has 1 aliphatic heterocycles. The Labute approximate surface area is 174 Å². The molecule has 2 amide bonds. The Kier molecular flexibility index (Phi) is 6.54. The van der Waals surface area contributed by atoms with Gasteiger partial charge in [0.1, 0.15) is 0 Å². The van der Waals surface area contributed by atoms with Crippen molar-refractivity contribution in [1.82, 2.24) is 4.90 Å². The summed E-state index contributed by atoms with van der Waals surface area (Å²) in [4.78, 5) is 38.5. The number of halogens is 1. The lowest BCUT2D eigenvalue weighted by Gasteiger charge is -2.25. The van der Waals surface area contributed by atoms with Gasteiger partial charge in [-0.15, -0.1) is 0 Å². The van der Waals surface area contributed by atoms with Crippen molar-refractivity contribution < 1.29 is 19.1 Å². The van der Waals surface area contributed by atoms with Gasteiger partial charge in [-0.3, -0.25) is 14.4 Å². The number of anilines is 1. The lowest BCUT2D eigenvalue weighted by molar-refractivity contribution is -0.151. The van der Waals surface area contributed by atoms with Crippen molar-refractivity contribution in [2.75, 3.05) is 18.5 Å². The van der Waals surface area contributed by atoms with Gasteiger partial charge in [0.2, 0.25) is 5.91 Å². The number of hydrogen-bond acceptors (Lipinski definition) is 4. The number of carbonyl (C=O) groups excluding carboxylic acids is 3. The van der Waals surface area contributed by atoms with E-state index in [0.717, 1.165) is 11.1 Å². The van der Waals surface area contributed by atoms with Crippen molar-refractivity contribution in [2.45, 2.75) is 26.3 Å². The Bertz CT molecular complexity index is 916. The molecule has 0 saturated carbocycles. The molecular weight excluding hydrogens is 392 g/mol. The molecule has 1 fully saturated rings. The lowest BCUT2D eigenvalue weighted by Crippen LogP contribution is -2.30. The third kappa shape index (κ3) is 4.95. The zero-order chi connectivity index (χ0) is 21.0. The number of carbonyl (C=O) groups is 3. The maximum Gasteiger partial charge on any atom is 0.311 e. The molecule has 1 heterocycles. The predicted octanol–water partition coefficient (Wildman–Crippen LogP) is 3.74. The van der Waals surface area contributed by atoms with Crippen molar-refractivity contribution in [1.29, 1.82) is 0 Å². The topological polar surface area (TPSA) is 75.7 Å². The molecule has 1 saturated heterocycles. The number of benzene rings is 2. The molecule has 0 unspecified atom stereocenters. The van der Waals surface area contributed by atoms with Gasteiger partial charge in [-0.05, 0) is 37.1 Å². The normalized spacial score (nSPS) is 17.1. The van der Waals surface area contributed by atoms with E-state index in [-0.39, 0.29) is 24.9 Å². The summed E-state index contributed by atoms with van der Waals surface area (Å²) in [6, 6.07) is 14.7. The number of rotatable bonds is 6. The van der Waals surface area contributed by atoms with E-state index in [0.29, 0.717) is 10.7 Å². The maximum absolute atomic E-state index is 12.4. The number of hydrogen-bond donors (Lipinski definition) is 1. The fourth-order valence-electron chi connectivity index (χ4n) is 3.36. The first-order chi connectivity index (χ1) is 13.9. The Hall–Kier alpha value is -2.86. The second kappa shape index (κ2) is 9.09. The van der Waals surface area contributed by atoms with Gasteiger partial charge in [-0.25, -0.2) is 0 Å². The molecule has 2 atom stereocenters. The minimum atomic E-state index is -0.575. The van der Waals surface area contributed by atoms with E-state index in [4.69, 9.17) is 16.3 Å². The fourth-order valence-corrected chi connectivity index (χ4v) is 3.53. The molecule has 6 nitrogen and oxygen atoms in total. The fraction of sp³-hybridized carbons (Fsp3) is 0.318. The van der Waals surface area contributed by atoms with Gasteiger partial charge in [0.15, 0.2) is 6.61 Å². The van der Waals surface area contributed by atoms with Gasteiger partial charge in [-0.1, -0.05) is 48.0 Å². The van der Waals surface area contributed by atoms with Crippen LogP contribution in [-0.4, -0.2) is 35.8 Å². The van der Waals surface area contributed by atoms with Gasteiger partial charge in [0, 0.05) is 23.7 Å². The Morgan fingerprint density at radius 2 is 1.93 bits per heavy atom. The number of nitrogens with zero attached hydrogens (tertiary/aromatic N) is 1. The van der Waals surface area contributed by atoms with Crippen LogP contribution in [0.2, 0.25) is 5.02 Å². The van der Waals surface area contributed by atoms with Crippen molar-refractivity contribution >= 4 is 35.1 Å². The van der Waals surface area contributed by atoms with Crippen molar-refractivity contribution in [3.63, 3.8) is 0 Å². The van der Waals surface area contributed by atoms with Gasteiger partial charge in [-0.2, -0.15) is 0 Å². The van der Waals surface area contributed by atoms with Crippen LogP contribution in [0.5, 0.6) is 0 Å². The molecule has 0 aromatic heterocycles. The summed E-state index contributed by atoms with van der Waals surface area (Å²) in [5.41, 5.74) is 2.31. The number of ether oxygens (including phenoxy) is 1. The summed E-state index contributed by atoms with van der Waals surface area (Å²) >= 11 is 6.03. The highest BCUT2D eigenvalue weighted by Gasteiger charge is 2.38. The summed E-state index contributed by atoms with van der Waals surface area (Å²) in [7, 11) is 0. The van der Waals surface area contributed by atoms with Crippen LogP contribution in [0.15, 0.2) is 48.5 Å². The SMILES string of the molecule is Cc1c(Cl)cccc1NC(=O)COC(=O)[C@H]1CC(=O)N([C@H](C)c2ccccc2)C1. The van der Waals surface area contributed by atoms with Crippen LogP contribution in [-0.2, 0) is 19.1 Å². The first-order valence-corrected chi connectivity index (χ1v) is 9.80. The molecular formula is C22H23ClN2O4. The van der Waals surface area contributed by atoms with Crippen molar-refractivity contribution in [2.24, 2.45) is 5.92 Å². The standard InChI is InChI=1S/C22H23ClN2O4/c1-14-18(23)9-6-10-19(14)24-20(26)13-29-22(28)17-11-21(27)25(12-17)15(2)16-7-4-3-5-8-16/h3-10,15,17H,11-13H2,1-2H3,(H,24,26)/t15-,17+/m1/s1. The molecule has 0 bridgehead atoms. The van der Waals surface area contributed by atoms with Crippen LogP contribution in [0.4, 0.5) is 5.69 Å². The minimum absolute atomic E-state index is 0.0883. The summed E-state index contributed by atoms with van der Waals surface area (Å²) in [5, 5.41) is 3.22. The van der Waals surface area contributed by atoms with E-state index in [1.54, 1.807) is 30.0 Å². The number of amides is 2. The molecule has 1 N–H and O–H groups in total. The predicted molar refractivity (Wildman–Crippen MR) is 110 cm³/mol. The number of esters is 1. The molecule has 0 spiro atoms. The van der Waals surface area contributed by atoms with Gasteiger partial charge in [0.05, 0.1) is 12.0 Å². The smallest absolute Gasteiger partial charge is 0.311 e. The second-order valence-corrected chi connectivity index (χ2v) is 7.51. The van der Waals surface area contributed by atoms with Crippen LogP contribution in [0.25, 0.3) is 0 Å². The average Bonchev–Trinajstić information content (AvgIpc) is 3.11. The Morgan fingerprint density at radius 1 is 1.21 bits per heavy atom.